The van der Waals surface area contributed by atoms with E-state index in [9.17, 15) is 22.4 Å². The summed E-state index contributed by atoms with van der Waals surface area (Å²) in [7, 11) is 0. The summed E-state index contributed by atoms with van der Waals surface area (Å²) in [5, 5.41) is 9.23. The Kier molecular flexibility index (Phi) is 5.76. The second kappa shape index (κ2) is 8.10. The first-order chi connectivity index (χ1) is 13.7. The SMILES string of the molecule is CCc1cc2cc(F)cc(COc3ccc(CCC(=O)O)c(C(F)(F)F)n3)c2o1. The van der Waals surface area contributed by atoms with Gasteiger partial charge < -0.3 is 14.3 Å². The fourth-order valence-electron chi connectivity index (χ4n) is 2.91. The molecular weight excluding hydrogens is 394 g/mol. The minimum absolute atomic E-state index is 0.237. The molecule has 5 nitrogen and oxygen atoms in total. The Morgan fingerprint density at radius 1 is 1.21 bits per heavy atom. The molecule has 0 saturated carbocycles. The van der Waals surface area contributed by atoms with Gasteiger partial charge in [0.25, 0.3) is 0 Å². The first kappa shape index (κ1) is 20.6. The lowest BCUT2D eigenvalue weighted by Gasteiger charge is -2.13. The largest absolute Gasteiger partial charge is 0.481 e. The minimum Gasteiger partial charge on any atom is -0.481 e. The van der Waals surface area contributed by atoms with E-state index in [4.69, 9.17) is 14.3 Å². The van der Waals surface area contributed by atoms with Crippen molar-refractivity contribution in [2.45, 2.75) is 39.0 Å². The lowest BCUT2D eigenvalue weighted by atomic mass is 10.1. The highest BCUT2D eigenvalue weighted by molar-refractivity contribution is 5.81. The standard InChI is InChI=1S/C20H17F4NO4/c1-2-15-9-12-7-14(21)8-13(18(12)29-15)10-28-16-5-3-11(4-6-17(26)27)19(25-16)20(22,23)24/h3,5,7-9H,2,4,6,10H2,1H3,(H,26,27). The number of nitrogens with zero attached hydrogens (tertiary/aromatic N) is 1. The van der Waals surface area contributed by atoms with Crippen LogP contribution in [0, 0.1) is 5.82 Å². The van der Waals surface area contributed by atoms with Gasteiger partial charge in [-0.05, 0) is 30.2 Å². The molecule has 0 bridgehead atoms. The topological polar surface area (TPSA) is 72.6 Å². The fourth-order valence-corrected chi connectivity index (χ4v) is 2.91. The fraction of sp³-hybridized carbons (Fsp3) is 0.300. The van der Waals surface area contributed by atoms with Gasteiger partial charge >= 0.3 is 12.1 Å². The quantitative estimate of drug-likeness (QED) is 0.545. The first-order valence-corrected chi connectivity index (χ1v) is 8.80. The van der Waals surface area contributed by atoms with E-state index in [1.807, 2.05) is 6.92 Å². The summed E-state index contributed by atoms with van der Waals surface area (Å²) < 4.78 is 64.7. The number of benzene rings is 1. The second-order valence-corrected chi connectivity index (χ2v) is 6.39. The van der Waals surface area contributed by atoms with Gasteiger partial charge in [-0.2, -0.15) is 13.2 Å². The third-order valence-corrected chi connectivity index (χ3v) is 4.26. The van der Waals surface area contributed by atoms with E-state index >= 15 is 0 Å². The Hall–Kier alpha value is -3.10. The van der Waals surface area contributed by atoms with Gasteiger partial charge in [0.2, 0.25) is 5.88 Å². The Labute approximate surface area is 162 Å². The number of furan rings is 1. The van der Waals surface area contributed by atoms with Crippen molar-refractivity contribution >= 4 is 16.9 Å². The highest BCUT2D eigenvalue weighted by Crippen LogP contribution is 2.33. The van der Waals surface area contributed by atoms with Gasteiger partial charge in [-0.3, -0.25) is 4.79 Å². The van der Waals surface area contributed by atoms with Crippen molar-refractivity contribution in [1.29, 1.82) is 0 Å². The number of hydrogen-bond donors (Lipinski definition) is 1. The zero-order chi connectivity index (χ0) is 21.2. The number of alkyl halides is 3. The molecule has 0 radical (unpaired) electrons. The van der Waals surface area contributed by atoms with Crippen molar-refractivity contribution in [3.05, 3.63) is 58.7 Å². The van der Waals surface area contributed by atoms with E-state index in [0.29, 0.717) is 28.7 Å². The van der Waals surface area contributed by atoms with Crippen molar-refractivity contribution in [1.82, 2.24) is 4.98 Å². The predicted molar refractivity (Wildman–Crippen MR) is 95.1 cm³/mol. The molecule has 0 amide bonds. The first-order valence-electron chi connectivity index (χ1n) is 8.80. The Balaban J connectivity index is 1.86. The molecule has 1 N–H and O–H groups in total. The van der Waals surface area contributed by atoms with Gasteiger partial charge in [-0.25, -0.2) is 9.37 Å². The summed E-state index contributed by atoms with van der Waals surface area (Å²) in [6.45, 7) is 1.63. The normalized spacial score (nSPS) is 11.8. The van der Waals surface area contributed by atoms with E-state index in [2.05, 4.69) is 4.98 Å². The Morgan fingerprint density at radius 3 is 2.62 bits per heavy atom. The summed E-state index contributed by atoms with van der Waals surface area (Å²) in [5.41, 5.74) is -0.701. The molecule has 2 heterocycles. The van der Waals surface area contributed by atoms with Gasteiger partial charge in [0, 0.05) is 29.9 Å². The molecule has 154 valence electrons. The number of ether oxygens (including phenoxy) is 1. The highest BCUT2D eigenvalue weighted by Gasteiger charge is 2.36. The predicted octanol–water partition coefficient (Wildman–Crippen LogP) is 5.14. The zero-order valence-corrected chi connectivity index (χ0v) is 15.3. The number of pyridine rings is 1. The number of aliphatic carboxylic acids is 1. The number of carbonyl (C=O) groups is 1. The number of rotatable bonds is 7. The molecule has 9 heteroatoms. The van der Waals surface area contributed by atoms with Crippen LogP contribution in [0.3, 0.4) is 0 Å². The van der Waals surface area contributed by atoms with Crippen LogP contribution < -0.4 is 4.74 Å². The molecule has 1 aromatic carbocycles. The Morgan fingerprint density at radius 2 is 1.97 bits per heavy atom. The van der Waals surface area contributed by atoms with Crippen LogP contribution in [0.2, 0.25) is 0 Å². The molecule has 29 heavy (non-hydrogen) atoms. The molecule has 0 aliphatic heterocycles. The Bertz CT molecular complexity index is 1040. The molecule has 0 saturated heterocycles. The maximum atomic E-state index is 13.8. The van der Waals surface area contributed by atoms with Crippen LogP contribution in [0.25, 0.3) is 11.0 Å². The van der Waals surface area contributed by atoms with Gasteiger partial charge in [0.1, 0.15) is 23.8 Å². The molecule has 3 rings (SSSR count). The third kappa shape index (κ3) is 4.85. The van der Waals surface area contributed by atoms with Gasteiger partial charge in [-0.15, -0.1) is 0 Å². The van der Waals surface area contributed by atoms with Crippen molar-refractivity contribution in [2.24, 2.45) is 0 Å². The molecule has 3 aromatic rings. The second-order valence-electron chi connectivity index (χ2n) is 6.39. The van der Waals surface area contributed by atoms with Crippen molar-refractivity contribution < 1.29 is 36.6 Å². The molecule has 0 atom stereocenters. The number of hydrogen-bond acceptors (Lipinski definition) is 4. The van der Waals surface area contributed by atoms with Crippen LogP contribution in [0.15, 0.2) is 34.7 Å². The van der Waals surface area contributed by atoms with Crippen LogP contribution in [-0.4, -0.2) is 16.1 Å². The van der Waals surface area contributed by atoms with E-state index in [0.717, 1.165) is 6.07 Å². The van der Waals surface area contributed by atoms with Gasteiger partial charge in [-0.1, -0.05) is 13.0 Å². The van der Waals surface area contributed by atoms with Crippen LogP contribution in [0.5, 0.6) is 5.88 Å². The number of halogens is 4. The molecule has 0 aliphatic rings. The molecule has 2 aromatic heterocycles. The van der Waals surface area contributed by atoms with E-state index in [1.165, 1.54) is 18.2 Å². The third-order valence-electron chi connectivity index (χ3n) is 4.26. The molecule has 0 unspecified atom stereocenters. The van der Waals surface area contributed by atoms with Crippen LogP contribution >= 0.6 is 0 Å². The van der Waals surface area contributed by atoms with Crippen LogP contribution in [0.1, 0.15) is 35.9 Å². The highest BCUT2D eigenvalue weighted by atomic mass is 19.4. The average molecular weight is 411 g/mol. The molecule has 0 spiro atoms. The van der Waals surface area contributed by atoms with E-state index in [-0.39, 0.29) is 24.5 Å². The summed E-state index contributed by atoms with van der Waals surface area (Å²) in [4.78, 5) is 14.1. The van der Waals surface area contributed by atoms with Crippen molar-refractivity contribution in [2.75, 3.05) is 0 Å². The summed E-state index contributed by atoms with van der Waals surface area (Å²) in [6.07, 6.45) is -4.93. The number of aryl methyl sites for hydroxylation is 2. The monoisotopic (exact) mass is 411 g/mol. The molecule has 0 aliphatic carbocycles. The number of carboxylic acids is 1. The van der Waals surface area contributed by atoms with E-state index < -0.39 is 30.1 Å². The minimum atomic E-state index is -4.77. The maximum Gasteiger partial charge on any atom is 0.433 e. The van der Waals surface area contributed by atoms with Gasteiger partial charge in [0.05, 0.1) is 0 Å². The van der Waals surface area contributed by atoms with Crippen molar-refractivity contribution in [3.8, 4) is 5.88 Å². The lowest BCUT2D eigenvalue weighted by molar-refractivity contribution is -0.143. The van der Waals surface area contributed by atoms with Crippen molar-refractivity contribution in [3.63, 3.8) is 0 Å². The summed E-state index contributed by atoms with van der Waals surface area (Å²) in [6, 6.07) is 6.55. The molecule has 0 fully saturated rings. The summed E-state index contributed by atoms with van der Waals surface area (Å²) in [5.74, 6) is -1.39. The average Bonchev–Trinajstić information content (AvgIpc) is 3.07. The zero-order valence-electron chi connectivity index (χ0n) is 15.3. The van der Waals surface area contributed by atoms with E-state index in [1.54, 1.807) is 6.07 Å². The van der Waals surface area contributed by atoms with Crippen LogP contribution in [0.4, 0.5) is 17.6 Å². The lowest BCUT2D eigenvalue weighted by Crippen LogP contribution is -2.14. The smallest absolute Gasteiger partial charge is 0.433 e. The number of carboxylic acid groups (broad SMARTS) is 1. The molecular formula is C20H17F4NO4. The number of aromatic nitrogens is 1. The maximum absolute atomic E-state index is 13.8. The number of fused-ring (bicyclic) bond motifs is 1. The van der Waals surface area contributed by atoms with Crippen LogP contribution in [-0.2, 0) is 30.4 Å². The summed E-state index contributed by atoms with van der Waals surface area (Å²) >= 11 is 0. The van der Waals surface area contributed by atoms with Gasteiger partial charge in [0.15, 0.2) is 5.69 Å².